The van der Waals surface area contributed by atoms with Crippen molar-refractivity contribution in [1.82, 2.24) is 0 Å². The standard InChI is InChI=1S/C14H26O3/c1-3-5-6-7-8-9-10-14(15-4-2)17-12-13-11-16-13/h4,13-14H,2-3,5-12H2,1H3. The summed E-state index contributed by atoms with van der Waals surface area (Å²) in [6, 6.07) is 0. The molecule has 3 heteroatoms. The predicted octanol–water partition coefficient (Wildman–Crippen LogP) is 3.64. The third kappa shape index (κ3) is 8.22. The van der Waals surface area contributed by atoms with E-state index in [2.05, 4.69) is 13.5 Å². The van der Waals surface area contributed by atoms with Crippen molar-refractivity contribution in [2.75, 3.05) is 13.2 Å². The monoisotopic (exact) mass is 242 g/mol. The summed E-state index contributed by atoms with van der Waals surface area (Å²) in [5, 5.41) is 0. The topological polar surface area (TPSA) is 31.0 Å². The van der Waals surface area contributed by atoms with Crippen molar-refractivity contribution in [2.24, 2.45) is 0 Å². The molecule has 2 unspecified atom stereocenters. The number of hydrogen-bond acceptors (Lipinski definition) is 3. The lowest BCUT2D eigenvalue weighted by molar-refractivity contribution is -0.114. The maximum atomic E-state index is 5.62. The van der Waals surface area contributed by atoms with Gasteiger partial charge in [0.1, 0.15) is 6.10 Å². The summed E-state index contributed by atoms with van der Waals surface area (Å²) < 4.78 is 16.1. The summed E-state index contributed by atoms with van der Waals surface area (Å²) >= 11 is 0. The van der Waals surface area contributed by atoms with Crippen LogP contribution in [0.2, 0.25) is 0 Å². The molecule has 1 rings (SSSR count). The van der Waals surface area contributed by atoms with E-state index < -0.39 is 0 Å². The molecule has 0 aromatic carbocycles. The number of epoxide rings is 1. The minimum absolute atomic E-state index is 0.136. The van der Waals surface area contributed by atoms with Crippen LogP contribution in [0, 0.1) is 0 Å². The Morgan fingerprint density at radius 3 is 2.65 bits per heavy atom. The maximum Gasteiger partial charge on any atom is 0.198 e. The molecule has 1 fully saturated rings. The second-order valence-corrected chi connectivity index (χ2v) is 4.58. The fourth-order valence-corrected chi connectivity index (χ4v) is 1.77. The Morgan fingerprint density at radius 1 is 1.29 bits per heavy atom. The largest absolute Gasteiger partial charge is 0.473 e. The van der Waals surface area contributed by atoms with Crippen molar-refractivity contribution in [3.05, 3.63) is 12.8 Å². The SMILES string of the molecule is C=COC(CCCCCCCC)OCC1CO1. The van der Waals surface area contributed by atoms with Gasteiger partial charge < -0.3 is 14.2 Å². The Kier molecular flexibility index (Phi) is 8.10. The zero-order valence-electron chi connectivity index (χ0n) is 11.0. The first-order valence-corrected chi connectivity index (χ1v) is 6.86. The van der Waals surface area contributed by atoms with Crippen LogP contribution in [-0.2, 0) is 14.2 Å². The molecule has 0 spiro atoms. The van der Waals surface area contributed by atoms with Gasteiger partial charge in [-0.3, -0.25) is 0 Å². The lowest BCUT2D eigenvalue weighted by atomic mass is 10.1. The quantitative estimate of drug-likeness (QED) is 0.226. The molecule has 100 valence electrons. The van der Waals surface area contributed by atoms with Crippen LogP contribution in [0.4, 0.5) is 0 Å². The molecule has 1 heterocycles. The first-order chi connectivity index (χ1) is 8.36. The van der Waals surface area contributed by atoms with Crippen molar-refractivity contribution in [2.45, 2.75) is 64.3 Å². The third-order valence-electron chi connectivity index (χ3n) is 2.91. The minimum Gasteiger partial charge on any atom is -0.473 e. The molecule has 0 bridgehead atoms. The van der Waals surface area contributed by atoms with E-state index in [-0.39, 0.29) is 6.29 Å². The van der Waals surface area contributed by atoms with Crippen LogP contribution in [0.1, 0.15) is 51.9 Å². The van der Waals surface area contributed by atoms with Gasteiger partial charge >= 0.3 is 0 Å². The van der Waals surface area contributed by atoms with Crippen molar-refractivity contribution in [1.29, 1.82) is 0 Å². The van der Waals surface area contributed by atoms with Gasteiger partial charge in [0.25, 0.3) is 0 Å². The highest BCUT2D eigenvalue weighted by Gasteiger charge is 2.24. The van der Waals surface area contributed by atoms with E-state index in [1.165, 1.54) is 38.4 Å². The van der Waals surface area contributed by atoms with E-state index in [9.17, 15) is 0 Å². The van der Waals surface area contributed by atoms with Crippen LogP contribution in [0.3, 0.4) is 0 Å². The van der Waals surface area contributed by atoms with Crippen LogP contribution >= 0.6 is 0 Å². The van der Waals surface area contributed by atoms with Crippen LogP contribution in [0.5, 0.6) is 0 Å². The molecule has 0 amide bonds. The number of unbranched alkanes of at least 4 members (excludes halogenated alkanes) is 5. The van der Waals surface area contributed by atoms with Gasteiger partial charge in [-0.1, -0.05) is 45.6 Å². The van der Waals surface area contributed by atoms with Crippen LogP contribution in [0.15, 0.2) is 12.8 Å². The molecule has 0 N–H and O–H groups in total. The summed E-state index contributed by atoms with van der Waals surface area (Å²) in [5.41, 5.74) is 0. The Balaban J connectivity index is 1.95. The zero-order valence-corrected chi connectivity index (χ0v) is 11.0. The van der Waals surface area contributed by atoms with Crippen molar-refractivity contribution in [3.8, 4) is 0 Å². The average molecular weight is 242 g/mol. The molecule has 0 radical (unpaired) electrons. The van der Waals surface area contributed by atoms with Crippen LogP contribution in [-0.4, -0.2) is 25.6 Å². The van der Waals surface area contributed by atoms with E-state index >= 15 is 0 Å². The van der Waals surface area contributed by atoms with Gasteiger partial charge in [0.2, 0.25) is 0 Å². The van der Waals surface area contributed by atoms with Crippen molar-refractivity contribution < 1.29 is 14.2 Å². The first-order valence-electron chi connectivity index (χ1n) is 6.86. The summed E-state index contributed by atoms with van der Waals surface area (Å²) in [7, 11) is 0. The van der Waals surface area contributed by atoms with E-state index in [0.29, 0.717) is 12.7 Å². The molecule has 1 aliphatic rings. The Hall–Kier alpha value is -0.540. The molecule has 1 saturated heterocycles. The van der Waals surface area contributed by atoms with Gasteiger partial charge in [0.15, 0.2) is 6.29 Å². The first kappa shape index (κ1) is 14.5. The number of rotatable bonds is 12. The molecule has 3 nitrogen and oxygen atoms in total. The smallest absolute Gasteiger partial charge is 0.198 e. The maximum absolute atomic E-state index is 5.62. The highest BCUT2D eigenvalue weighted by molar-refractivity contribution is 4.68. The Morgan fingerprint density at radius 2 is 2.00 bits per heavy atom. The molecular weight excluding hydrogens is 216 g/mol. The molecule has 0 saturated carbocycles. The molecular formula is C14H26O3. The molecule has 0 aromatic heterocycles. The summed E-state index contributed by atoms with van der Waals surface area (Å²) in [4.78, 5) is 0. The number of hydrogen-bond donors (Lipinski definition) is 0. The van der Waals surface area contributed by atoms with Gasteiger partial charge in [-0.05, 0) is 6.42 Å². The van der Waals surface area contributed by atoms with E-state index in [1.54, 1.807) is 0 Å². The average Bonchev–Trinajstić information content (AvgIpc) is 3.14. The normalized spacial score (nSPS) is 19.9. The molecule has 0 aliphatic carbocycles. The fraction of sp³-hybridized carbons (Fsp3) is 0.857. The third-order valence-corrected chi connectivity index (χ3v) is 2.91. The summed E-state index contributed by atoms with van der Waals surface area (Å²) in [6.45, 7) is 7.29. The van der Waals surface area contributed by atoms with Gasteiger partial charge in [-0.25, -0.2) is 0 Å². The van der Waals surface area contributed by atoms with Gasteiger partial charge in [0.05, 0.1) is 19.5 Å². The second kappa shape index (κ2) is 9.49. The fourth-order valence-electron chi connectivity index (χ4n) is 1.77. The van der Waals surface area contributed by atoms with Gasteiger partial charge in [0, 0.05) is 6.42 Å². The minimum atomic E-state index is -0.136. The highest BCUT2D eigenvalue weighted by Crippen LogP contribution is 2.15. The molecule has 2 atom stereocenters. The van der Waals surface area contributed by atoms with Crippen molar-refractivity contribution >= 4 is 0 Å². The van der Waals surface area contributed by atoms with Gasteiger partial charge in [-0.15, -0.1) is 0 Å². The second-order valence-electron chi connectivity index (χ2n) is 4.58. The molecule has 1 aliphatic heterocycles. The Bertz CT molecular complexity index is 190. The predicted molar refractivity (Wildman–Crippen MR) is 68.8 cm³/mol. The van der Waals surface area contributed by atoms with Crippen LogP contribution < -0.4 is 0 Å². The lowest BCUT2D eigenvalue weighted by Gasteiger charge is -2.16. The van der Waals surface area contributed by atoms with Crippen molar-refractivity contribution in [3.63, 3.8) is 0 Å². The Labute approximate surface area is 105 Å². The number of ether oxygens (including phenoxy) is 3. The van der Waals surface area contributed by atoms with E-state index in [1.807, 2.05) is 0 Å². The van der Waals surface area contributed by atoms with Crippen LogP contribution in [0.25, 0.3) is 0 Å². The summed E-state index contributed by atoms with van der Waals surface area (Å²) in [6.07, 6.45) is 10.3. The molecule has 0 aromatic rings. The zero-order chi connectivity index (χ0) is 12.3. The lowest BCUT2D eigenvalue weighted by Crippen LogP contribution is -2.17. The molecule has 17 heavy (non-hydrogen) atoms. The van der Waals surface area contributed by atoms with Gasteiger partial charge in [-0.2, -0.15) is 0 Å². The summed E-state index contributed by atoms with van der Waals surface area (Å²) in [5.74, 6) is 0. The highest BCUT2D eigenvalue weighted by atomic mass is 16.7. The van der Waals surface area contributed by atoms with E-state index in [0.717, 1.165) is 19.4 Å². The van der Waals surface area contributed by atoms with E-state index in [4.69, 9.17) is 14.2 Å².